The predicted octanol–water partition coefficient (Wildman–Crippen LogP) is 1.38. The molecule has 1 aromatic heterocycles. The van der Waals surface area contributed by atoms with Gasteiger partial charge in [-0.05, 0) is 0 Å². The van der Waals surface area contributed by atoms with E-state index in [2.05, 4.69) is 10.3 Å². The summed E-state index contributed by atoms with van der Waals surface area (Å²) in [5.41, 5.74) is -0.204. The zero-order valence-electron chi connectivity index (χ0n) is 8.07. The van der Waals surface area contributed by atoms with Gasteiger partial charge in [0.15, 0.2) is 0 Å². The van der Waals surface area contributed by atoms with Gasteiger partial charge in [0.25, 0.3) is 0 Å². The zero-order valence-corrected chi connectivity index (χ0v) is 8.07. The van der Waals surface area contributed by atoms with Crippen molar-refractivity contribution in [2.24, 2.45) is 0 Å². The van der Waals surface area contributed by atoms with Crippen LogP contribution in [0.3, 0.4) is 0 Å². The number of nitrogens with zero attached hydrogens (tertiary/aromatic N) is 2. The molecular weight excluding hydrogens is 205 g/mol. The van der Waals surface area contributed by atoms with Gasteiger partial charge in [0.1, 0.15) is 6.67 Å². The Labute approximate surface area is 85.2 Å². The Morgan fingerprint density at radius 1 is 1.67 bits per heavy atom. The number of aromatic nitrogens is 1. The van der Waals surface area contributed by atoms with Crippen LogP contribution in [0.5, 0.6) is 5.88 Å². The first kappa shape index (κ1) is 11.2. The van der Waals surface area contributed by atoms with Crippen molar-refractivity contribution in [2.75, 3.05) is 25.6 Å². The van der Waals surface area contributed by atoms with E-state index in [-0.39, 0.29) is 23.9 Å². The quantitative estimate of drug-likeness (QED) is 0.593. The molecular formula is C8H10FN3O3. The summed E-state index contributed by atoms with van der Waals surface area (Å²) in [4.78, 5) is 13.8. The molecule has 0 aliphatic carbocycles. The minimum absolute atomic E-state index is 0.0111. The predicted molar refractivity (Wildman–Crippen MR) is 51.9 cm³/mol. The average Bonchev–Trinajstić information content (AvgIpc) is 2.25. The molecule has 1 aromatic rings. The normalized spacial score (nSPS) is 9.73. The van der Waals surface area contributed by atoms with E-state index < -0.39 is 11.6 Å². The van der Waals surface area contributed by atoms with E-state index in [1.54, 1.807) is 0 Å². The van der Waals surface area contributed by atoms with E-state index in [0.717, 1.165) is 0 Å². The number of methoxy groups -OCH3 is 1. The van der Waals surface area contributed by atoms with Gasteiger partial charge < -0.3 is 10.1 Å². The van der Waals surface area contributed by atoms with E-state index in [1.807, 2.05) is 0 Å². The number of pyridine rings is 1. The van der Waals surface area contributed by atoms with E-state index in [9.17, 15) is 14.5 Å². The van der Waals surface area contributed by atoms with Crippen molar-refractivity contribution in [2.45, 2.75) is 0 Å². The molecule has 1 rings (SSSR count). The van der Waals surface area contributed by atoms with Crippen LogP contribution >= 0.6 is 0 Å². The fraction of sp³-hybridized carbons (Fsp3) is 0.375. The summed E-state index contributed by atoms with van der Waals surface area (Å²) in [5, 5.41) is 13.1. The van der Waals surface area contributed by atoms with Gasteiger partial charge in [0, 0.05) is 18.7 Å². The number of nitro groups is 1. The number of halogens is 1. The van der Waals surface area contributed by atoms with Gasteiger partial charge in [0.2, 0.25) is 11.7 Å². The fourth-order valence-electron chi connectivity index (χ4n) is 0.991. The number of rotatable bonds is 5. The van der Waals surface area contributed by atoms with Crippen molar-refractivity contribution in [3.8, 4) is 5.88 Å². The molecule has 0 aliphatic rings. The molecule has 1 heterocycles. The standard InChI is InChI=1S/C8H10FN3O3/c1-15-7-3-2-6(12(13)14)8(11-7)10-5-4-9/h2-3H,4-5H2,1H3,(H,10,11). The van der Waals surface area contributed by atoms with Crippen molar-refractivity contribution < 1.29 is 14.1 Å². The maximum absolute atomic E-state index is 11.9. The molecule has 0 bridgehead atoms. The molecule has 0 radical (unpaired) electrons. The third kappa shape index (κ3) is 2.76. The van der Waals surface area contributed by atoms with Crippen molar-refractivity contribution in [3.63, 3.8) is 0 Å². The van der Waals surface area contributed by atoms with Crippen molar-refractivity contribution in [1.82, 2.24) is 4.98 Å². The first-order valence-electron chi connectivity index (χ1n) is 4.18. The smallest absolute Gasteiger partial charge is 0.311 e. The highest BCUT2D eigenvalue weighted by molar-refractivity contribution is 5.56. The highest BCUT2D eigenvalue weighted by atomic mass is 19.1. The van der Waals surface area contributed by atoms with Gasteiger partial charge in [-0.25, -0.2) is 4.39 Å². The van der Waals surface area contributed by atoms with Crippen LogP contribution in [-0.2, 0) is 0 Å². The number of ether oxygens (including phenoxy) is 1. The second-order valence-electron chi connectivity index (χ2n) is 2.59. The lowest BCUT2D eigenvalue weighted by Gasteiger charge is -2.05. The van der Waals surface area contributed by atoms with Crippen LogP contribution in [0.15, 0.2) is 12.1 Å². The molecule has 0 aromatic carbocycles. The largest absolute Gasteiger partial charge is 0.481 e. The molecule has 6 nitrogen and oxygen atoms in total. The number of nitrogens with one attached hydrogen (secondary N) is 1. The van der Waals surface area contributed by atoms with Gasteiger partial charge in [-0.15, -0.1) is 0 Å². The van der Waals surface area contributed by atoms with E-state index in [4.69, 9.17) is 4.74 Å². The SMILES string of the molecule is COc1ccc([N+](=O)[O-])c(NCCF)n1. The lowest BCUT2D eigenvalue weighted by molar-refractivity contribution is -0.384. The van der Waals surface area contributed by atoms with Gasteiger partial charge in [-0.2, -0.15) is 4.98 Å². The lowest BCUT2D eigenvalue weighted by Crippen LogP contribution is -2.07. The third-order valence-corrected chi connectivity index (χ3v) is 1.64. The summed E-state index contributed by atoms with van der Waals surface area (Å²) < 4.78 is 16.7. The fourth-order valence-corrected chi connectivity index (χ4v) is 0.991. The van der Waals surface area contributed by atoms with Crippen molar-refractivity contribution >= 4 is 11.5 Å². The minimum atomic E-state index is -0.629. The molecule has 7 heteroatoms. The Morgan fingerprint density at radius 2 is 2.40 bits per heavy atom. The third-order valence-electron chi connectivity index (χ3n) is 1.64. The Balaban J connectivity index is 2.99. The van der Waals surface area contributed by atoms with Crippen LogP contribution in [0.25, 0.3) is 0 Å². The Hall–Kier alpha value is -1.92. The molecule has 0 spiro atoms. The van der Waals surface area contributed by atoms with Crippen LogP contribution in [0.2, 0.25) is 0 Å². The summed E-state index contributed by atoms with van der Waals surface area (Å²) in [6.07, 6.45) is 0. The van der Waals surface area contributed by atoms with Gasteiger partial charge in [0.05, 0.1) is 12.0 Å². The molecule has 82 valence electrons. The van der Waals surface area contributed by atoms with Crippen LogP contribution in [-0.4, -0.2) is 30.2 Å². The maximum atomic E-state index is 11.9. The molecule has 0 aliphatic heterocycles. The molecule has 0 saturated heterocycles. The summed E-state index contributed by atoms with van der Waals surface area (Å²) in [5.74, 6) is 0.249. The van der Waals surface area contributed by atoms with Crippen LogP contribution < -0.4 is 10.1 Å². The van der Waals surface area contributed by atoms with E-state index in [0.29, 0.717) is 0 Å². The number of hydrogen-bond acceptors (Lipinski definition) is 5. The summed E-state index contributed by atoms with van der Waals surface area (Å²) in [7, 11) is 1.40. The average molecular weight is 215 g/mol. The molecule has 0 atom stereocenters. The van der Waals surface area contributed by atoms with E-state index >= 15 is 0 Å². The first-order valence-corrected chi connectivity index (χ1v) is 4.18. The second-order valence-corrected chi connectivity index (χ2v) is 2.59. The van der Waals surface area contributed by atoms with Crippen LogP contribution in [0.4, 0.5) is 15.9 Å². The highest BCUT2D eigenvalue weighted by Gasteiger charge is 2.15. The maximum Gasteiger partial charge on any atom is 0.311 e. The molecule has 15 heavy (non-hydrogen) atoms. The van der Waals surface area contributed by atoms with E-state index in [1.165, 1.54) is 19.2 Å². The molecule has 0 fully saturated rings. The Kier molecular flexibility index (Phi) is 3.78. The number of hydrogen-bond donors (Lipinski definition) is 1. The second kappa shape index (κ2) is 5.08. The summed E-state index contributed by atoms with van der Waals surface area (Å²) in [6, 6.07) is 2.63. The number of anilines is 1. The number of alkyl halides is 1. The molecule has 0 amide bonds. The first-order chi connectivity index (χ1) is 7.19. The summed E-state index contributed by atoms with van der Waals surface area (Å²) >= 11 is 0. The van der Waals surface area contributed by atoms with Crippen molar-refractivity contribution in [3.05, 3.63) is 22.2 Å². The summed E-state index contributed by atoms with van der Waals surface area (Å²) in [6.45, 7) is -0.656. The Morgan fingerprint density at radius 3 is 2.93 bits per heavy atom. The van der Waals surface area contributed by atoms with Crippen LogP contribution in [0, 0.1) is 10.1 Å². The minimum Gasteiger partial charge on any atom is -0.481 e. The molecule has 0 unspecified atom stereocenters. The molecule has 1 N–H and O–H groups in total. The van der Waals surface area contributed by atoms with Gasteiger partial charge >= 0.3 is 5.69 Å². The highest BCUT2D eigenvalue weighted by Crippen LogP contribution is 2.24. The topological polar surface area (TPSA) is 77.3 Å². The monoisotopic (exact) mass is 215 g/mol. The lowest BCUT2D eigenvalue weighted by atomic mass is 10.4. The Bertz CT molecular complexity index is 359. The zero-order chi connectivity index (χ0) is 11.3. The van der Waals surface area contributed by atoms with Gasteiger partial charge in [-0.1, -0.05) is 0 Å². The van der Waals surface area contributed by atoms with Crippen LogP contribution in [0.1, 0.15) is 0 Å². The molecule has 0 saturated carbocycles. The van der Waals surface area contributed by atoms with Gasteiger partial charge in [-0.3, -0.25) is 10.1 Å². The van der Waals surface area contributed by atoms with Crippen molar-refractivity contribution in [1.29, 1.82) is 0 Å².